The predicted octanol–water partition coefficient (Wildman–Crippen LogP) is 10.2. The van der Waals surface area contributed by atoms with E-state index < -0.39 is 0 Å². The molecule has 0 saturated carbocycles. The van der Waals surface area contributed by atoms with Gasteiger partial charge in [0, 0.05) is 53.1 Å². The Labute approximate surface area is 247 Å². The average Bonchev–Trinajstić information content (AvgIpc) is 3.59. The fourth-order valence-electron chi connectivity index (χ4n) is 6.41. The van der Waals surface area contributed by atoms with Crippen molar-refractivity contribution in [2.24, 2.45) is 5.92 Å². The first kappa shape index (κ1) is 29.2. The summed E-state index contributed by atoms with van der Waals surface area (Å²) in [6.45, 7) is 14.8. The Bertz CT molecular complexity index is 1480. The molecule has 0 spiro atoms. The maximum atomic E-state index is 3.51. The van der Waals surface area contributed by atoms with E-state index in [9.17, 15) is 0 Å². The van der Waals surface area contributed by atoms with E-state index in [2.05, 4.69) is 129 Å². The molecule has 2 unspecified atom stereocenters. The fraction of sp³-hybridized carbons (Fsp3) is 0.421. The van der Waals surface area contributed by atoms with Crippen LogP contribution in [0.15, 0.2) is 84.9 Å². The van der Waals surface area contributed by atoms with Crippen molar-refractivity contribution in [2.75, 3.05) is 13.1 Å². The van der Waals surface area contributed by atoms with Gasteiger partial charge in [0.25, 0.3) is 0 Å². The van der Waals surface area contributed by atoms with Gasteiger partial charge in [0.15, 0.2) is 0 Å². The van der Waals surface area contributed by atoms with Gasteiger partial charge in [0.1, 0.15) is 0 Å². The first-order chi connectivity index (χ1) is 20.0. The van der Waals surface area contributed by atoms with Crippen LogP contribution in [0, 0.1) is 5.92 Å². The van der Waals surface area contributed by atoms with E-state index in [1.165, 1.54) is 95.1 Å². The van der Waals surface area contributed by atoms with Crippen molar-refractivity contribution in [1.29, 1.82) is 0 Å². The Morgan fingerprint density at radius 3 is 2.41 bits per heavy atom. The van der Waals surface area contributed by atoms with Crippen molar-refractivity contribution < 1.29 is 0 Å². The summed E-state index contributed by atoms with van der Waals surface area (Å²) in [6.07, 6.45) is 20.5. The molecule has 2 N–H and O–H groups in total. The van der Waals surface area contributed by atoms with E-state index in [-0.39, 0.29) is 0 Å². The Hall–Kier alpha value is -3.30. The highest BCUT2D eigenvalue weighted by atomic mass is 14.9. The zero-order valence-corrected chi connectivity index (χ0v) is 25.8. The number of nitrogens with one attached hydrogen (secondary N) is 2. The van der Waals surface area contributed by atoms with Crippen LogP contribution < -0.4 is 5.32 Å². The monoisotopic (exact) mass is 547 g/mol. The van der Waals surface area contributed by atoms with Crippen molar-refractivity contribution >= 4 is 10.9 Å². The van der Waals surface area contributed by atoms with Gasteiger partial charge in [-0.05, 0) is 98.8 Å². The van der Waals surface area contributed by atoms with Gasteiger partial charge in [-0.3, -0.25) is 0 Å². The lowest BCUT2D eigenvalue weighted by Gasteiger charge is -2.20. The van der Waals surface area contributed by atoms with Gasteiger partial charge in [-0.1, -0.05) is 81.3 Å². The zero-order chi connectivity index (χ0) is 28.8. The van der Waals surface area contributed by atoms with Gasteiger partial charge in [0.2, 0.25) is 0 Å². The second-order valence-electron chi connectivity index (χ2n) is 12.3. The molecule has 1 aliphatic carbocycles. The number of aryl methyl sites for hydroxylation is 1. The minimum atomic E-state index is 0.431. The van der Waals surface area contributed by atoms with Gasteiger partial charge in [-0.15, -0.1) is 0 Å². The Morgan fingerprint density at radius 1 is 0.927 bits per heavy atom. The van der Waals surface area contributed by atoms with Crippen molar-refractivity contribution in [3.8, 4) is 22.3 Å². The van der Waals surface area contributed by atoms with Gasteiger partial charge in [-0.25, -0.2) is 0 Å². The second-order valence-corrected chi connectivity index (χ2v) is 12.3. The van der Waals surface area contributed by atoms with Crippen LogP contribution in [0.3, 0.4) is 0 Å². The van der Waals surface area contributed by atoms with E-state index >= 15 is 0 Å². The number of hydrogen-bond acceptors (Lipinski definition) is 1. The molecule has 0 bridgehead atoms. The number of H-pyrrole nitrogens is 1. The first-order valence-corrected chi connectivity index (χ1v) is 16.0. The van der Waals surface area contributed by atoms with E-state index in [0.717, 1.165) is 6.54 Å². The van der Waals surface area contributed by atoms with Crippen molar-refractivity contribution in [1.82, 2.24) is 14.9 Å². The number of piperidine rings is 1. The molecule has 1 aliphatic heterocycles. The summed E-state index contributed by atoms with van der Waals surface area (Å²) in [5.41, 5.74) is 10.7. The van der Waals surface area contributed by atoms with E-state index in [0.29, 0.717) is 17.8 Å². The van der Waals surface area contributed by atoms with Crippen molar-refractivity contribution in [3.63, 3.8) is 0 Å². The normalized spacial score (nSPS) is 19.1. The summed E-state index contributed by atoms with van der Waals surface area (Å²) in [5.74, 6) is 1.59. The smallest absolute Gasteiger partial charge is 0.0460 e. The Balaban J connectivity index is 0.000000500. The average molecular weight is 548 g/mol. The summed E-state index contributed by atoms with van der Waals surface area (Å²) in [4.78, 5) is 3.51. The number of aromatic nitrogens is 2. The second kappa shape index (κ2) is 13.6. The third kappa shape index (κ3) is 6.79. The molecule has 41 heavy (non-hydrogen) atoms. The lowest BCUT2D eigenvalue weighted by atomic mass is 9.84. The molecule has 3 nitrogen and oxygen atoms in total. The van der Waals surface area contributed by atoms with Gasteiger partial charge < -0.3 is 14.9 Å². The molecule has 2 aromatic carbocycles. The number of fused-ring (bicyclic) bond motifs is 1. The summed E-state index contributed by atoms with van der Waals surface area (Å²) in [5, 5.41) is 4.58. The summed E-state index contributed by atoms with van der Waals surface area (Å²) >= 11 is 0. The third-order valence-electron chi connectivity index (χ3n) is 9.12. The molecule has 2 aromatic heterocycles. The summed E-state index contributed by atoms with van der Waals surface area (Å²) in [6, 6.07) is 15.9. The predicted molar refractivity (Wildman–Crippen MR) is 178 cm³/mol. The van der Waals surface area contributed by atoms with Crippen LogP contribution >= 0.6 is 0 Å². The highest BCUT2D eigenvalue weighted by molar-refractivity contribution is 5.98. The lowest BCUT2D eigenvalue weighted by Crippen LogP contribution is -2.21. The first-order valence-electron chi connectivity index (χ1n) is 16.0. The van der Waals surface area contributed by atoms with E-state index in [4.69, 9.17) is 0 Å². The lowest BCUT2D eigenvalue weighted by molar-refractivity contribution is 0.518. The number of allylic oxidation sites excluding steroid dienone is 4. The molecule has 0 amide bonds. The van der Waals surface area contributed by atoms with Gasteiger partial charge in [-0.2, -0.15) is 0 Å². The largest absolute Gasteiger partial charge is 0.361 e. The summed E-state index contributed by atoms with van der Waals surface area (Å²) < 4.78 is 2.35. The molecule has 2 aliphatic rings. The molecule has 3 heterocycles. The minimum Gasteiger partial charge on any atom is -0.361 e. The maximum absolute atomic E-state index is 3.51. The number of benzene rings is 2. The van der Waals surface area contributed by atoms with Crippen molar-refractivity contribution in [2.45, 2.75) is 85.1 Å². The number of rotatable bonds is 6. The van der Waals surface area contributed by atoms with Crippen LogP contribution in [0.2, 0.25) is 0 Å². The third-order valence-corrected chi connectivity index (χ3v) is 9.12. The number of nitrogens with zero attached hydrogens (tertiary/aromatic N) is 1. The SMILES string of the molecule is C1CCNCC1.CCC1CC(c2cn(CC)cc2-c2ccc3[nH]cc(-c4cccc(C(C)C)c4)c3c2)C=CC=C1C. The van der Waals surface area contributed by atoms with Crippen LogP contribution in [0.4, 0.5) is 0 Å². The highest BCUT2D eigenvalue weighted by Crippen LogP contribution is 2.40. The molecule has 3 heteroatoms. The molecule has 4 aromatic rings. The van der Waals surface area contributed by atoms with Crippen LogP contribution in [-0.2, 0) is 6.54 Å². The highest BCUT2D eigenvalue weighted by Gasteiger charge is 2.23. The van der Waals surface area contributed by atoms with Crippen LogP contribution in [0.1, 0.15) is 89.7 Å². The maximum Gasteiger partial charge on any atom is 0.0460 e. The Kier molecular flexibility index (Phi) is 9.67. The van der Waals surface area contributed by atoms with Gasteiger partial charge in [0.05, 0.1) is 0 Å². The molecule has 2 atom stereocenters. The summed E-state index contributed by atoms with van der Waals surface area (Å²) in [7, 11) is 0. The fourth-order valence-corrected chi connectivity index (χ4v) is 6.41. The standard InChI is InChI=1S/C33H38N2.C5H11N/c1-6-24-16-27(12-8-10-23(24)5)31-20-35(7-2)21-32(31)28-14-15-33-29(18-28)30(19-34-33)26-13-9-11-25(17-26)22(3)4;1-2-4-6-5-3-1/h8-15,17-22,24,27,34H,6-7,16H2,1-5H3;6H,1-5H2. The van der Waals surface area contributed by atoms with Crippen LogP contribution in [-0.4, -0.2) is 22.6 Å². The zero-order valence-electron chi connectivity index (χ0n) is 25.8. The molecular formula is C38H49N3. The molecule has 216 valence electrons. The number of hydrogen-bond donors (Lipinski definition) is 2. The van der Waals surface area contributed by atoms with Crippen LogP contribution in [0.5, 0.6) is 0 Å². The molecular weight excluding hydrogens is 498 g/mol. The molecule has 1 saturated heterocycles. The topological polar surface area (TPSA) is 32.8 Å². The van der Waals surface area contributed by atoms with E-state index in [1.54, 1.807) is 0 Å². The Morgan fingerprint density at radius 2 is 1.73 bits per heavy atom. The molecule has 1 fully saturated rings. The van der Waals surface area contributed by atoms with Gasteiger partial charge >= 0.3 is 0 Å². The minimum absolute atomic E-state index is 0.431. The van der Waals surface area contributed by atoms with E-state index in [1.807, 2.05) is 0 Å². The quantitative estimate of drug-likeness (QED) is 0.247. The van der Waals surface area contributed by atoms with Crippen LogP contribution in [0.25, 0.3) is 33.2 Å². The molecule has 6 rings (SSSR count). The molecule has 0 radical (unpaired) electrons. The number of aromatic amines is 1. The van der Waals surface area contributed by atoms with Crippen molar-refractivity contribution in [3.05, 3.63) is 96.0 Å².